The first-order valence-electron chi connectivity index (χ1n) is 8.60. The normalized spacial score (nSPS) is 15.9. The average Bonchev–Trinajstić information content (AvgIpc) is 3.23. The van der Waals surface area contributed by atoms with Crippen molar-refractivity contribution >= 4 is 17.5 Å². The number of nitrogens with zero attached hydrogens (tertiary/aromatic N) is 1. The number of furan rings is 1. The van der Waals surface area contributed by atoms with Gasteiger partial charge < -0.3 is 14.6 Å². The molecule has 0 bridgehead atoms. The van der Waals surface area contributed by atoms with Gasteiger partial charge in [0.05, 0.1) is 12.0 Å². The predicted molar refractivity (Wildman–Crippen MR) is 97.5 cm³/mol. The summed E-state index contributed by atoms with van der Waals surface area (Å²) in [5.41, 5.74) is 2.06. The number of nitrogens with one attached hydrogen (secondary N) is 1. The molecule has 1 atom stereocenters. The van der Waals surface area contributed by atoms with E-state index in [1.807, 2.05) is 24.3 Å². The Morgan fingerprint density at radius 3 is 2.48 bits per heavy atom. The van der Waals surface area contributed by atoms with Crippen molar-refractivity contribution in [3.05, 3.63) is 89.6 Å². The largest absolute Gasteiger partial charge is 0.459 e. The molecule has 1 aliphatic rings. The Hall–Kier alpha value is -3.41. The van der Waals surface area contributed by atoms with Gasteiger partial charge in [-0.1, -0.05) is 36.4 Å². The van der Waals surface area contributed by atoms with Crippen molar-refractivity contribution in [1.82, 2.24) is 4.90 Å². The maximum atomic E-state index is 13.9. The zero-order valence-corrected chi connectivity index (χ0v) is 14.4. The molecule has 2 heterocycles. The number of carbonyl (C=O) groups excluding carboxylic acids is 2. The van der Waals surface area contributed by atoms with Crippen LogP contribution < -0.4 is 5.32 Å². The van der Waals surface area contributed by atoms with E-state index in [4.69, 9.17) is 4.42 Å². The Morgan fingerprint density at radius 2 is 1.74 bits per heavy atom. The lowest BCUT2D eigenvalue weighted by Crippen LogP contribution is -2.50. The molecule has 0 unspecified atom stereocenters. The molecule has 4 rings (SSSR count). The Morgan fingerprint density at radius 1 is 1.00 bits per heavy atom. The number of amides is 2. The highest BCUT2D eigenvalue weighted by atomic mass is 19.1. The van der Waals surface area contributed by atoms with Gasteiger partial charge in [0, 0.05) is 13.0 Å². The van der Waals surface area contributed by atoms with Gasteiger partial charge in [-0.3, -0.25) is 9.59 Å². The van der Waals surface area contributed by atoms with E-state index in [0.29, 0.717) is 6.42 Å². The number of rotatable bonds is 3. The fraction of sp³-hybridized carbons (Fsp3) is 0.143. The number of para-hydroxylation sites is 1. The van der Waals surface area contributed by atoms with Crippen LogP contribution >= 0.6 is 0 Å². The summed E-state index contributed by atoms with van der Waals surface area (Å²) in [6.07, 6.45) is 1.77. The molecule has 5 nitrogen and oxygen atoms in total. The predicted octanol–water partition coefficient (Wildman–Crippen LogP) is 3.62. The van der Waals surface area contributed by atoms with E-state index >= 15 is 0 Å². The molecule has 0 saturated heterocycles. The maximum absolute atomic E-state index is 13.9. The summed E-state index contributed by atoms with van der Waals surface area (Å²) in [5.74, 6) is -1.17. The second-order valence-electron chi connectivity index (χ2n) is 6.37. The molecular weight excluding hydrogens is 347 g/mol. The van der Waals surface area contributed by atoms with Crippen molar-refractivity contribution in [2.24, 2.45) is 0 Å². The lowest BCUT2D eigenvalue weighted by molar-refractivity contribution is -0.121. The molecule has 0 fully saturated rings. The fourth-order valence-corrected chi connectivity index (χ4v) is 3.29. The van der Waals surface area contributed by atoms with E-state index in [1.165, 1.54) is 23.3 Å². The van der Waals surface area contributed by atoms with Crippen LogP contribution in [-0.4, -0.2) is 22.8 Å². The number of fused-ring (bicyclic) bond motifs is 1. The molecule has 1 aliphatic heterocycles. The van der Waals surface area contributed by atoms with Gasteiger partial charge in [-0.25, -0.2) is 4.39 Å². The van der Waals surface area contributed by atoms with Crippen LogP contribution in [0.2, 0.25) is 0 Å². The van der Waals surface area contributed by atoms with Gasteiger partial charge >= 0.3 is 0 Å². The Bertz CT molecular complexity index is 985. The summed E-state index contributed by atoms with van der Waals surface area (Å²) in [7, 11) is 0. The summed E-state index contributed by atoms with van der Waals surface area (Å²) in [6, 6.07) is 16.0. The van der Waals surface area contributed by atoms with Gasteiger partial charge in [0.25, 0.3) is 5.91 Å². The van der Waals surface area contributed by atoms with E-state index in [-0.39, 0.29) is 23.9 Å². The number of carbonyl (C=O) groups is 2. The van der Waals surface area contributed by atoms with E-state index in [0.717, 1.165) is 11.1 Å². The molecule has 6 heteroatoms. The van der Waals surface area contributed by atoms with Crippen LogP contribution in [0.3, 0.4) is 0 Å². The first-order chi connectivity index (χ1) is 13.1. The van der Waals surface area contributed by atoms with E-state index in [2.05, 4.69) is 5.32 Å². The molecule has 2 amide bonds. The Labute approximate surface area is 155 Å². The lowest BCUT2D eigenvalue weighted by Gasteiger charge is -2.35. The van der Waals surface area contributed by atoms with Crippen LogP contribution in [-0.2, 0) is 17.8 Å². The third-order valence-electron chi connectivity index (χ3n) is 4.68. The van der Waals surface area contributed by atoms with Crippen LogP contribution in [0.5, 0.6) is 0 Å². The lowest BCUT2D eigenvalue weighted by atomic mass is 9.93. The molecule has 1 aromatic heterocycles. The van der Waals surface area contributed by atoms with Crippen molar-refractivity contribution in [1.29, 1.82) is 0 Å². The number of hydrogen-bond donors (Lipinski definition) is 1. The van der Waals surface area contributed by atoms with Gasteiger partial charge in [0.1, 0.15) is 11.9 Å². The molecule has 0 radical (unpaired) electrons. The third-order valence-corrected chi connectivity index (χ3v) is 4.68. The molecular formula is C21H17FN2O3. The summed E-state index contributed by atoms with van der Waals surface area (Å²) in [5, 5.41) is 2.60. The van der Waals surface area contributed by atoms with E-state index < -0.39 is 17.8 Å². The number of benzene rings is 2. The molecule has 0 aliphatic carbocycles. The Kier molecular flexibility index (Phi) is 4.46. The summed E-state index contributed by atoms with van der Waals surface area (Å²) in [4.78, 5) is 27.3. The van der Waals surface area contributed by atoms with E-state index in [9.17, 15) is 14.0 Å². The van der Waals surface area contributed by atoms with E-state index in [1.54, 1.807) is 24.3 Å². The van der Waals surface area contributed by atoms with Crippen molar-refractivity contribution in [2.75, 3.05) is 5.32 Å². The highest BCUT2D eigenvalue weighted by Crippen LogP contribution is 2.26. The summed E-state index contributed by atoms with van der Waals surface area (Å²) in [6.45, 7) is 0.283. The fourth-order valence-electron chi connectivity index (χ4n) is 3.29. The average molecular weight is 364 g/mol. The number of hydrogen-bond acceptors (Lipinski definition) is 3. The molecule has 2 aromatic carbocycles. The third kappa shape index (κ3) is 3.33. The van der Waals surface area contributed by atoms with Crippen LogP contribution in [0.4, 0.5) is 10.1 Å². The van der Waals surface area contributed by atoms with Crippen LogP contribution in [0, 0.1) is 5.82 Å². The van der Waals surface area contributed by atoms with Gasteiger partial charge in [0.15, 0.2) is 5.76 Å². The zero-order chi connectivity index (χ0) is 18.8. The molecule has 136 valence electrons. The second-order valence-corrected chi connectivity index (χ2v) is 6.37. The monoisotopic (exact) mass is 364 g/mol. The summed E-state index contributed by atoms with van der Waals surface area (Å²) >= 11 is 0. The van der Waals surface area contributed by atoms with Crippen molar-refractivity contribution in [2.45, 2.75) is 19.0 Å². The molecule has 1 N–H and O–H groups in total. The minimum atomic E-state index is -0.767. The highest BCUT2D eigenvalue weighted by Gasteiger charge is 2.36. The van der Waals surface area contributed by atoms with Crippen LogP contribution in [0.15, 0.2) is 71.3 Å². The van der Waals surface area contributed by atoms with Crippen LogP contribution in [0.1, 0.15) is 21.7 Å². The minimum absolute atomic E-state index is 0.0896. The first kappa shape index (κ1) is 17.0. The van der Waals surface area contributed by atoms with Gasteiger partial charge in [-0.2, -0.15) is 0 Å². The quantitative estimate of drug-likeness (QED) is 0.772. The number of anilines is 1. The summed E-state index contributed by atoms with van der Waals surface area (Å²) < 4.78 is 19.1. The highest BCUT2D eigenvalue weighted by molar-refractivity contribution is 6.00. The Balaban J connectivity index is 1.65. The van der Waals surface area contributed by atoms with Crippen LogP contribution in [0.25, 0.3) is 0 Å². The van der Waals surface area contributed by atoms with Gasteiger partial charge in [-0.05, 0) is 35.4 Å². The molecule has 3 aromatic rings. The smallest absolute Gasteiger partial charge is 0.290 e. The zero-order valence-electron chi connectivity index (χ0n) is 14.4. The molecule has 27 heavy (non-hydrogen) atoms. The standard InChI is InChI=1S/C21H17FN2O3/c22-16-8-3-4-9-17(16)23-20(25)18-12-14-6-1-2-7-15(14)13-24(18)21(26)19-10-5-11-27-19/h1-11,18H,12-13H2,(H,23,25)/t18-/m1/s1. The molecule has 0 spiro atoms. The topological polar surface area (TPSA) is 62.6 Å². The minimum Gasteiger partial charge on any atom is -0.459 e. The maximum Gasteiger partial charge on any atom is 0.290 e. The van der Waals surface area contributed by atoms with Gasteiger partial charge in [0.2, 0.25) is 5.91 Å². The van der Waals surface area contributed by atoms with Crippen molar-refractivity contribution in [3.63, 3.8) is 0 Å². The van der Waals surface area contributed by atoms with Crippen molar-refractivity contribution in [3.8, 4) is 0 Å². The first-order valence-corrected chi connectivity index (χ1v) is 8.60. The number of halogens is 1. The van der Waals surface area contributed by atoms with Crippen molar-refractivity contribution < 1.29 is 18.4 Å². The SMILES string of the molecule is O=C(Nc1ccccc1F)[C@H]1Cc2ccccc2CN1C(=O)c1ccco1. The van der Waals surface area contributed by atoms with Gasteiger partial charge in [-0.15, -0.1) is 0 Å². The molecule has 0 saturated carbocycles. The second kappa shape index (κ2) is 7.07.